The first-order valence-electron chi connectivity index (χ1n) is 20.3. The Labute approximate surface area is 361 Å². The van der Waals surface area contributed by atoms with E-state index >= 15 is 0 Å². The van der Waals surface area contributed by atoms with Gasteiger partial charge in [0.1, 0.15) is 11.6 Å². The fourth-order valence-electron chi connectivity index (χ4n) is 8.29. The number of hydrogen-bond donors (Lipinski definition) is 0. The number of hydrogen-bond acceptors (Lipinski definition) is 4. The van der Waals surface area contributed by atoms with Gasteiger partial charge in [-0.15, -0.1) is 48.1 Å². The van der Waals surface area contributed by atoms with Gasteiger partial charge >= 0.3 is 0 Å². The maximum absolute atomic E-state index is 14.5. The summed E-state index contributed by atoms with van der Waals surface area (Å²) in [5, 5.41) is 2.23. The molecular weight excluding hydrogens is 911 g/mol. The summed E-state index contributed by atoms with van der Waals surface area (Å²) in [6.45, 7) is 15.4. The van der Waals surface area contributed by atoms with Crippen LogP contribution in [0.25, 0.3) is 38.8 Å². The van der Waals surface area contributed by atoms with Crippen LogP contribution < -0.4 is 14.5 Å². The van der Waals surface area contributed by atoms with E-state index in [2.05, 4.69) is 160 Å². The van der Waals surface area contributed by atoms with Crippen LogP contribution in [0, 0.1) is 31.5 Å². The van der Waals surface area contributed by atoms with Gasteiger partial charge in [0.15, 0.2) is 0 Å². The molecule has 0 radical (unpaired) electrons. The molecule has 1 aliphatic heterocycles. The average Bonchev–Trinajstić information content (AvgIpc) is 3.76. The van der Waals surface area contributed by atoms with E-state index < -0.39 is 0 Å². The largest absolute Gasteiger partial charge is 0.509 e. The molecule has 0 atom stereocenters. The van der Waals surface area contributed by atoms with Crippen molar-refractivity contribution in [2.24, 2.45) is 0 Å². The van der Waals surface area contributed by atoms with Crippen molar-refractivity contribution in [2.45, 2.75) is 66.2 Å². The summed E-state index contributed by atoms with van der Waals surface area (Å²) in [6, 6.07) is 48.1. The Morgan fingerprint density at radius 3 is 2.15 bits per heavy atom. The monoisotopic (exact) mass is 956 g/mol. The Hall–Kier alpha value is -5.71. The van der Waals surface area contributed by atoms with Crippen molar-refractivity contribution in [3.8, 4) is 28.4 Å². The van der Waals surface area contributed by atoms with Crippen LogP contribution in [-0.2, 0) is 27.5 Å². The minimum absolute atomic E-state index is 0. The van der Waals surface area contributed by atoms with Crippen LogP contribution in [0.15, 0.2) is 128 Å². The SMILES string of the molecule is CCCc1cc(Oc2[c-]c3c(cc2)c2ccccc2n3-c2cc(C)ccn2)[c-]c(N2[CH-]N(c3c(C(C)C)cc(-c4cccc(F)c4)cc3C(C)C)c3ccccc32)c1.[Pt]. The van der Waals surface area contributed by atoms with Crippen LogP contribution in [0.3, 0.4) is 0 Å². The minimum Gasteiger partial charge on any atom is -0.509 e. The van der Waals surface area contributed by atoms with Crippen LogP contribution in [0.1, 0.15) is 75.1 Å². The van der Waals surface area contributed by atoms with E-state index in [1.807, 2.05) is 24.4 Å². The fraction of sp³-hybridized carbons (Fsp3) is 0.192. The van der Waals surface area contributed by atoms with Gasteiger partial charge in [0.05, 0.1) is 0 Å². The maximum Gasteiger partial charge on any atom is 0.135 e. The molecule has 0 N–H and O–H groups in total. The smallest absolute Gasteiger partial charge is 0.135 e. The molecule has 6 aromatic carbocycles. The molecule has 0 saturated heterocycles. The molecule has 0 fully saturated rings. The molecule has 59 heavy (non-hydrogen) atoms. The van der Waals surface area contributed by atoms with E-state index in [4.69, 9.17) is 9.72 Å². The molecule has 0 aliphatic carbocycles. The van der Waals surface area contributed by atoms with Gasteiger partial charge in [0.25, 0.3) is 0 Å². The van der Waals surface area contributed by atoms with Gasteiger partial charge in [-0.25, -0.2) is 9.37 Å². The van der Waals surface area contributed by atoms with Gasteiger partial charge in [0.2, 0.25) is 0 Å². The van der Waals surface area contributed by atoms with Crippen molar-refractivity contribution in [1.29, 1.82) is 0 Å². The van der Waals surface area contributed by atoms with Crippen molar-refractivity contribution in [2.75, 3.05) is 9.80 Å². The fourth-order valence-corrected chi connectivity index (χ4v) is 8.29. The second-order valence-corrected chi connectivity index (χ2v) is 15.9. The number of para-hydroxylation sites is 3. The standard InChI is InChI=1S/C52H46FN4O.Pt/c1-7-13-36-25-40(30-42(26-36)58-41-20-21-44-43-16-8-9-17-47(43)57(50(44)31-41)51-24-35(6)22-23-54-51)55-32-56(49-19-11-10-18-48(49)55)52-45(33(2)3)28-38(29-46(52)34(4)5)37-14-12-15-39(53)27-37;/h8-12,14-29,32-34H,7,13H2,1-6H3;/q-3;. The third-order valence-corrected chi connectivity index (χ3v) is 11.0. The number of benzene rings is 6. The first-order valence-corrected chi connectivity index (χ1v) is 20.3. The van der Waals surface area contributed by atoms with Crippen molar-refractivity contribution in [1.82, 2.24) is 9.55 Å². The first-order chi connectivity index (χ1) is 28.2. The van der Waals surface area contributed by atoms with Gasteiger partial charge in [-0.1, -0.05) is 95.4 Å². The molecule has 3 heterocycles. The number of rotatable bonds is 10. The van der Waals surface area contributed by atoms with E-state index in [1.165, 1.54) is 22.8 Å². The van der Waals surface area contributed by atoms with Crippen molar-refractivity contribution < 1.29 is 30.2 Å². The maximum atomic E-state index is 14.5. The zero-order valence-corrected chi connectivity index (χ0v) is 36.4. The third kappa shape index (κ3) is 7.56. The van der Waals surface area contributed by atoms with Crippen molar-refractivity contribution in [3.05, 3.63) is 174 Å². The average molecular weight is 957 g/mol. The van der Waals surface area contributed by atoms with E-state index in [9.17, 15) is 4.39 Å². The number of halogens is 1. The van der Waals surface area contributed by atoms with Crippen LogP contribution >= 0.6 is 0 Å². The Bertz CT molecular complexity index is 2800. The molecular formula is C52H46FN4OPt-3. The Balaban J connectivity index is 0.00000484. The molecule has 2 aromatic heterocycles. The summed E-state index contributed by atoms with van der Waals surface area (Å²) in [7, 11) is 0. The van der Waals surface area contributed by atoms with Gasteiger partial charge in [-0.3, -0.25) is 0 Å². The third-order valence-electron chi connectivity index (χ3n) is 11.0. The Morgan fingerprint density at radius 1 is 0.712 bits per heavy atom. The number of aryl methyl sites for hydroxylation is 2. The Kier molecular flexibility index (Phi) is 11.2. The summed E-state index contributed by atoms with van der Waals surface area (Å²) in [4.78, 5) is 9.31. The molecule has 5 nitrogen and oxygen atoms in total. The van der Waals surface area contributed by atoms with Crippen LogP contribution in [0.5, 0.6) is 11.5 Å². The summed E-state index contributed by atoms with van der Waals surface area (Å²) >= 11 is 0. The van der Waals surface area contributed by atoms with Gasteiger partial charge in [-0.05, 0) is 107 Å². The molecule has 8 aromatic rings. The molecule has 300 valence electrons. The Morgan fingerprint density at radius 2 is 1.44 bits per heavy atom. The topological polar surface area (TPSA) is 33.5 Å². The zero-order valence-electron chi connectivity index (χ0n) is 34.2. The molecule has 0 bridgehead atoms. The quantitative estimate of drug-likeness (QED) is 0.128. The molecule has 0 amide bonds. The van der Waals surface area contributed by atoms with Crippen molar-refractivity contribution >= 4 is 44.6 Å². The number of anilines is 4. The first kappa shape index (κ1) is 40.1. The zero-order chi connectivity index (χ0) is 40.1. The van der Waals surface area contributed by atoms with E-state index in [0.29, 0.717) is 11.5 Å². The summed E-state index contributed by atoms with van der Waals surface area (Å²) in [5.41, 5.74) is 12.8. The van der Waals surface area contributed by atoms with E-state index in [1.54, 1.807) is 12.1 Å². The minimum atomic E-state index is -0.234. The number of ether oxygens (including phenoxy) is 1. The van der Waals surface area contributed by atoms with Gasteiger partial charge in [0, 0.05) is 61.3 Å². The van der Waals surface area contributed by atoms with Crippen molar-refractivity contribution in [3.63, 3.8) is 0 Å². The predicted octanol–water partition coefficient (Wildman–Crippen LogP) is 14.3. The molecule has 1 aliphatic rings. The summed E-state index contributed by atoms with van der Waals surface area (Å²) in [6.07, 6.45) is 3.74. The van der Waals surface area contributed by atoms with Crippen LogP contribution in [0.2, 0.25) is 0 Å². The predicted molar refractivity (Wildman–Crippen MR) is 237 cm³/mol. The molecule has 0 saturated carbocycles. The molecule has 0 spiro atoms. The summed E-state index contributed by atoms with van der Waals surface area (Å²) in [5.74, 6) is 2.27. The number of aromatic nitrogens is 2. The van der Waals surface area contributed by atoms with E-state index in [-0.39, 0.29) is 38.7 Å². The molecule has 9 rings (SSSR count). The summed E-state index contributed by atoms with van der Waals surface area (Å²) < 4.78 is 23.3. The number of fused-ring (bicyclic) bond motifs is 4. The second-order valence-electron chi connectivity index (χ2n) is 15.9. The van der Waals surface area contributed by atoms with Gasteiger partial charge in [-0.2, -0.15) is 11.6 Å². The normalized spacial score (nSPS) is 12.5. The molecule has 0 unspecified atom stereocenters. The van der Waals surface area contributed by atoms with E-state index in [0.717, 1.165) is 79.9 Å². The van der Waals surface area contributed by atoms with Crippen LogP contribution in [0.4, 0.5) is 27.1 Å². The number of nitrogens with zero attached hydrogens (tertiary/aromatic N) is 4. The second kappa shape index (κ2) is 16.5. The number of pyridine rings is 1. The van der Waals surface area contributed by atoms with Crippen LogP contribution in [-0.4, -0.2) is 9.55 Å². The van der Waals surface area contributed by atoms with Gasteiger partial charge < -0.3 is 19.1 Å². The molecule has 7 heteroatoms.